The first kappa shape index (κ1) is 27.1. The third-order valence-corrected chi connectivity index (χ3v) is 5.22. The molecule has 1 nitrogen and oxygen atoms in total. The Hall–Kier alpha value is -2.96. The Kier molecular flexibility index (Phi) is 12.6. The maximum Gasteiger partial charge on any atom is 0.123 e. The fourth-order valence-electron chi connectivity index (χ4n) is 3.29. The van der Waals surface area contributed by atoms with Gasteiger partial charge in [0.1, 0.15) is 11.6 Å². The van der Waals surface area contributed by atoms with Crippen LogP contribution in [-0.4, -0.2) is 6.54 Å². The number of aryl methyl sites for hydroxylation is 2. The summed E-state index contributed by atoms with van der Waals surface area (Å²) in [5.41, 5.74) is 4.31. The van der Waals surface area contributed by atoms with E-state index in [0.29, 0.717) is 5.92 Å². The summed E-state index contributed by atoms with van der Waals surface area (Å²) in [7, 11) is 0. The molecular formula is C29H35F2N. The van der Waals surface area contributed by atoms with E-state index in [4.69, 9.17) is 0 Å². The number of nitrogens with one attached hydrogen (secondary N) is 1. The van der Waals surface area contributed by atoms with Crippen LogP contribution in [0, 0.1) is 44.2 Å². The van der Waals surface area contributed by atoms with Crippen LogP contribution in [0.1, 0.15) is 55.0 Å². The fraction of sp³-hybridized carbons (Fsp3) is 0.310. The monoisotopic (exact) mass is 435 g/mol. The third kappa shape index (κ3) is 9.90. The zero-order chi connectivity index (χ0) is 23.9. The van der Waals surface area contributed by atoms with Gasteiger partial charge in [-0.05, 0) is 68.1 Å². The average molecular weight is 436 g/mol. The van der Waals surface area contributed by atoms with Gasteiger partial charge in [-0.15, -0.1) is 12.8 Å². The minimum absolute atomic E-state index is 0.199. The molecule has 0 saturated carbocycles. The van der Waals surface area contributed by atoms with E-state index in [1.165, 1.54) is 35.4 Å². The molecule has 0 aliphatic rings. The van der Waals surface area contributed by atoms with E-state index in [1.54, 1.807) is 12.1 Å². The molecule has 0 aliphatic heterocycles. The molecule has 0 radical (unpaired) electrons. The second kappa shape index (κ2) is 14.9. The Labute approximate surface area is 192 Å². The molecule has 0 aliphatic carbocycles. The minimum atomic E-state index is -0.275. The summed E-state index contributed by atoms with van der Waals surface area (Å²) in [6.45, 7) is 9.40. The maximum atomic E-state index is 13.5. The van der Waals surface area contributed by atoms with Crippen LogP contribution < -0.4 is 5.32 Å². The van der Waals surface area contributed by atoms with Gasteiger partial charge in [0, 0.05) is 0 Å². The summed E-state index contributed by atoms with van der Waals surface area (Å²) in [5.74, 6) is 0.0819. The zero-order valence-electron chi connectivity index (χ0n) is 19.6. The van der Waals surface area contributed by atoms with Gasteiger partial charge < -0.3 is 5.32 Å². The van der Waals surface area contributed by atoms with Gasteiger partial charge in [0.05, 0.1) is 6.04 Å². The second-order valence-electron chi connectivity index (χ2n) is 7.96. The Morgan fingerprint density at radius 1 is 0.781 bits per heavy atom. The molecule has 0 spiro atoms. The first-order valence-corrected chi connectivity index (χ1v) is 11.0. The summed E-state index contributed by atoms with van der Waals surface area (Å²) >= 11 is 0. The molecule has 3 rings (SSSR count). The first-order valence-electron chi connectivity index (χ1n) is 11.0. The van der Waals surface area contributed by atoms with Crippen molar-refractivity contribution in [3.05, 3.63) is 107 Å². The van der Waals surface area contributed by atoms with Gasteiger partial charge in [-0.1, -0.05) is 79.9 Å². The Morgan fingerprint density at radius 2 is 1.25 bits per heavy atom. The molecule has 32 heavy (non-hydrogen) atoms. The van der Waals surface area contributed by atoms with E-state index >= 15 is 0 Å². The molecule has 0 bridgehead atoms. The molecule has 1 N–H and O–H groups in total. The molecule has 0 unspecified atom stereocenters. The van der Waals surface area contributed by atoms with Crippen molar-refractivity contribution in [1.82, 2.24) is 5.32 Å². The van der Waals surface area contributed by atoms with Crippen LogP contribution in [-0.2, 0) is 0 Å². The van der Waals surface area contributed by atoms with E-state index in [1.807, 2.05) is 12.1 Å². The fourth-order valence-corrected chi connectivity index (χ4v) is 3.29. The van der Waals surface area contributed by atoms with E-state index in [9.17, 15) is 8.78 Å². The topological polar surface area (TPSA) is 12.0 Å². The lowest BCUT2D eigenvalue weighted by molar-refractivity contribution is 0.470. The quantitative estimate of drug-likeness (QED) is 0.376. The predicted octanol–water partition coefficient (Wildman–Crippen LogP) is 7.63. The van der Waals surface area contributed by atoms with Crippen LogP contribution >= 0.6 is 0 Å². The molecule has 3 aromatic rings. The number of benzene rings is 3. The van der Waals surface area contributed by atoms with Crippen molar-refractivity contribution < 1.29 is 8.78 Å². The van der Waals surface area contributed by atoms with E-state index in [0.717, 1.165) is 30.5 Å². The van der Waals surface area contributed by atoms with E-state index in [2.05, 4.69) is 70.1 Å². The van der Waals surface area contributed by atoms with Crippen LogP contribution in [0.4, 0.5) is 8.78 Å². The summed E-state index contributed by atoms with van der Waals surface area (Å²) < 4.78 is 27.1. The van der Waals surface area contributed by atoms with Crippen molar-refractivity contribution in [2.45, 2.75) is 46.6 Å². The van der Waals surface area contributed by atoms with Crippen LogP contribution in [0.2, 0.25) is 0 Å². The second-order valence-corrected chi connectivity index (χ2v) is 7.96. The van der Waals surface area contributed by atoms with Crippen LogP contribution in [0.5, 0.6) is 0 Å². The largest absolute Gasteiger partial charge is 0.306 e. The highest BCUT2D eigenvalue weighted by Gasteiger charge is 2.15. The zero-order valence-corrected chi connectivity index (χ0v) is 19.6. The predicted molar refractivity (Wildman–Crippen MR) is 133 cm³/mol. The molecule has 3 aromatic carbocycles. The third-order valence-electron chi connectivity index (χ3n) is 5.22. The van der Waals surface area contributed by atoms with Crippen LogP contribution in [0.3, 0.4) is 0 Å². The van der Waals surface area contributed by atoms with Crippen molar-refractivity contribution in [3.8, 4) is 12.8 Å². The smallest absolute Gasteiger partial charge is 0.123 e. The molecule has 1 atom stereocenters. The molecular weight excluding hydrogens is 400 g/mol. The standard InChI is InChI=1S/C19H23F2N.C8H10.C2H2/c1-3-14(2)10-11-22-19(15-6-4-8-17(20)12-15)16-7-5-9-18(21)13-16;1-7-4-3-5-8(2)6-7;1-2/h4-9,12-14,19,22H,3,10-11H2,1-2H3;3-6H,1-2H3;1-2H/t14-;;/m1../s1. The first-order chi connectivity index (χ1) is 15.4. The SMILES string of the molecule is C#C.CC[C@@H](C)CCNC(c1cccc(F)c1)c1cccc(F)c1.Cc1cccc(C)c1. The van der Waals surface area contributed by atoms with Gasteiger partial charge in [0.25, 0.3) is 0 Å². The van der Waals surface area contributed by atoms with Gasteiger partial charge in [-0.25, -0.2) is 8.78 Å². The Balaban J connectivity index is 0.000000427. The molecule has 3 heteroatoms. The molecule has 170 valence electrons. The van der Waals surface area contributed by atoms with Crippen molar-refractivity contribution in [1.29, 1.82) is 0 Å². The number of terminal acetylenes is 1. The van der Waals surface area contributed by atoms with Crippen molar-refractivity contribution in [2.24, 2.45) is 5.92 Å². The van der Waals surface area contributed by atoms with Crippen molar-refractivity contribution >= 4 is 0 Å². The van der Waals surface area contributed by atoms with E-state index in [-0.39, 0.29) is 17.7 Å². The lowest BCUT2D eigenvalue weighted by Crippen LogP contribution is -2.25. The number of hydrogen-bond donors (Lipinski definition) is 1. The number of halogens is 2. The highest BCUT2D eigenvalue weighted by molar-refractivity contribution is 5.32. The average Bonchev–Trinajstić information content (AvgIpc) is 2.78. The van der Waals surface area contributed by atoms with Crippen molar-refractivity contribution in [3.63, 3.8) is 0 Å². The molecule has 0 amide bonds. The molecule has 0 heterocycles. The van der Waals surface area contributed by atoms with E-state index < -0.39 is 0 Å². The lowest BCUT2D eigenvalue weighted by Gasteiger charge is -2.21. The summed E-state index contributed by atoms with van der Waals surface area (Å²) in [6, 6.07) is 21.2. The highest BCUT2D eigenvalue weighted by Crippen LogP contribution is 2.23. The van der Waals surface area contributed by atoms with Gasteiger partial charge >= 0.3 is 0 Å². The lowest BCUT2D eigenvalue weighted by atomic mass is 9.97. The summed E-state index contributed by atoms with van der Waals surface area (Å²) in [4.78, 5) is 0. The highest BCUT2D eigenvalue weighted by atomic mass is 19.1. The van der Waals surface area contributed by atoms with Gasteiger partial charge in [-0.2, -0.15) is 0 Å². The molecule has 0 saturated heterocycles. The van der Waals surface area contributed by atoms with Crippen LogP contribution in [0.15, 0.2) is 72.8 Å². The van der Waals surface area contributed by atoms with Crippen molar-refractivity contribution in [2.75, 3.05) is 6.54 Å². The normalized spacial score (nSPS) is 11.0. The maximum absolute atomic E-state index is 13.5. The van der Waals surface area contributed by atoms with Gasteiger partial charge in [0.2, 0.25) is 0 Å². The van der Waals surface area contributed by atoms with Gasteiger partial charge in [0.15, 0.2) is 0 Å². The minimum Gasteiger partial charge on any atom is -0.306 e. The Bertz CT molecular complexity index is 886. The molecule has 0 aromatic heterocycles. The van der Waals surface area contributed by atoms with Gasteiger partial charge in [-0.3, -0.25) is 0 Å². The molecule has 0 fully saturated rings. The summed E-state index contributed by atoms with van der Waals surface area (Å²) in [5, 5.41) is 3.44. The Morgan fingerprint density at radius 3 is 1.62 bits per heavy atom. The number of rotatable bonds is 7. The van der Waals surface area contributed by atoms with Crippen LogP contribution in [0.25, 0.3) is 0 Å². The number of hydrogen-bond acceptors (Lipinski definition) is 1. The summed E-state index contributed by atoms with van der Waals surface area (Å²) in [6.07, 6.45) is 10.2.